The van der Waals surface area contributed by atoms with Gasteiger partial charge in [0.2, 0.25) is 0 Å². The van der Waals surface area contributed by atoms with Crippen LogP contribution in [0.4, 0.5) is 11.6 Å². The first-order valence-electron chi connectivity index (χ1n) is 5.94. The largest absolute Gasteiger partial charge is 0.466 e. The maximum Gasteiger partial charge on any atom is 0.307 e. The number of rotatable bonds is 6. The summed E-state index contributed by atoms with van der Waals surface area (Å²) < 4.78 is 6.63. The number of aromatic nitrogens is 3. The second-order valence-electron chi connectivity index (χ2n) is 3.76. The van der Waals surface area contributed by atoms with E-state index in [1.54, 1.807) is 29.9 Å². The lowest BCUT2D eigenvalue weighted by atomic mass is 10.4. The highest BCUT2D eigenvalue weighted by Gasteiger charge is 2.08. The van der Waals surface area contributed by atoms with Crippen molar-refractivity contribution in [2.45, 2.75) is 13.3 Å². The molecule has 2 heterocycles. The quantitative estimate of drug-likeness (QED) is 0.393. The molecule has 19 heavy (non-hydrogen) atoms. The number of esters is 1. The third-order valence-corrected chi connectivity index (χ3v) is 2.45. The molecule has 0 fully saturated rings. The number of anilines is 2. The molecule has 0 unspecified atom stereocenters. The topological polar surface area (TPSA) is 107 Å². The van der Waals surface area contributed by atoms with Gasteiger partial charge in [0.15, 0.2) is 17.3 Å². The number of hydrogen-bond acceptors (Lipinski definition) is 7. The lowest BCUT2D eigenvalue weighted by molar-refractivity contribution is -0.142. The lowest BCUT2D eigenvalue weighted by Crippen LogP contribution is -2.15. The first kappa shape index (κ1) is 13.1. The van der Waals surface area contributed by atoms with Crippen LogP contribution in [-0.2, 0) is 9.53 Å². The SMILES string of the molecule is CCOC(=O)CCNc1nc(NN)cn2ccnc12. The van der Waals surface area contributed by atoms with Crippen molar-refractivity contribution in [3.63, 3.8) is 0 Å². The third-order valence-electron chi connectivity index (χ3n) is 2.45. The molecule has 8 heteroatoms. The van der Waals surface area contributed by atoms with Gasteiger partial charge in [-0.25, -0.2) is 15.8 Å². The van der Waals surface area contributed by atoms with Gasteiger partial charge in [0.25, 0.3) is 0 Å². The number of hydrogen-bond donors (Lipinski definition) is 3. The highest BCUT2D eigenvalue weighted by molar-refractivity contribution is 5.71. The van der Waals surface area contributed by atoms with E-state index in [2.05, 4.69) is 20.7 Å². The number of nitrogens with two attached hydrogens (primary N) is 1. The predicted molar refractivity (Wildman–Crippen MR) is 70.5 cm³/mol. The minimum Gasteiger partial charge on any atom is -0.466 e. The maximum atomic E-state index is 11.2. The molecule has 0 aliphatic rings. The van der Waals surface area contributed by atoms with E-state index in [9.17, 15) is 4.79 Å². The molecular formula is C11H16N6O2. The Kier molecular flexibility index (Phi) is 4.14. The van der Waals surface area contributed by atoms with Crippen LogP contribution in [0.25, 0.3) is 5.65 Å². The van der Waals surface area contributed by atoms with Gasteiger partial charge < -0.3 is 19.9 Å². The summed E-state index contributed by atoms with van der Waals surface area (Å²) in [5.74, 6) is 6.16. The summed E-state index contributed by atoms with van der Waals surface area (Å²) in [4.78, 5) is 19.7. The molecule has 0 aliphatic carbocycles. The summed E-state index contributed by atoms with van der Waals surface area (Å²) in [7, 11) is 0. The average molecular weight is 264 g/mol. The van der Waals surface area contributed by atoms with Crippen LogP contribution in [0.5, 0.6) is 0 Å². The Morgan fingerprint density at radius 1 is 1.58 bits per heavy atom. The fraction of sp³-hybridized carbons (Fsp3) is 0.364. The zero-order valence-electron chi connectivity index (χ0n) is 10.6. The Bertz CT molecular complexity index is 567. The molecule has 0 bridgehead atoms. The van der Waals surface area contributed by atoms with E-state index in [0.29, 0.717) is 30.4 Å². The fourth-order valence-electron chi connectivity index (χ4n) is 1.64. The van der Waals surface area contributed by atoms with Crippen molar-refractivity contribution in [2.24, 2.45) is 5.84 Å². The molecule has 2 aromatic rings. The molecule has 0 aliphatic heterocycles. The monoisotopic (exact) mass is 264 g/mol. The third kappa shape index (κ3) is 3.10. The van der Waals surface area contributed by atoms with Gasteiger partial charge in [0.05, 0.1) is 19.2 Å². The number of imidazole rings is 1. The molecular weight excluding hydrogens is 248 g/mol. The van der Waals surface area contributed by atoms with E-state index in [1.165, 1.54) is 0 Å². The zero-order chi connectivity index (χ0) is 13.7. The highest BCUT2D eigenvalue weighted by Crippen LogP contribution is 2.15. The van der Waals surface area contributed by atoms with Crippen molar-refractivity contribution in [1.82, 2.24) is 14.4 Å². The standard InChI is InChI=1S/C11H16N6O2/c1-2-19-9(18)3-4-13-10-11-14-5-6-17(11)7-8(15-10)16-12/h5-7,16H,2-4,12H2,1H3,(H,13,15). The molecule has 0 saturated carbocycles. The van der Waals surface area contributed by atoms with Gasteiger partial charge in [-0.2, -0.15) is 0 Å². The second kappa shape index (κ2) is 6.01. The number of carbonyl (C=O) groups is 1. The van der Waals surface area contributed by atoms with Crippen LogP contribution in [0.3, 0.4) is 0 Å². The van der Waals surface area contributed by atoms with Crippen LogP contribution >= 0.6 is 0 Å². The maximum absolute atomic E-state index is 11.2. The van der Waals surface area contributed by atoms with Gasteiger partial charge in [0, 0.05) is 18.9 Å². The van der Waals surface area contributed by atoms with Crippen molar-refractivity contribution >= 4 is 23.3 Å². The summed E-state index contributed by atoms with van der Waals surface area (Å²) in [6, 6.07) is 0. The second-order valence-corrected chi connectivity index (χ2v) is 3.76. The Morgan fingerprint density at radius 2 is 2.42 bits per heavy atom. The average Bonchev–Trinajstić information content (AvgIpc) is 2.87. The molecule has 0 aromatic carbocycles. The Hall–Kier alpha value is -2.35. The minimum absolute atomic E-state index is 0.248. The van der Waals surface area contributed by atoms with Crippen molar-refractivity contribution in [2.75, 3.05) is 23.9 Å². The van der Waals surface area contributed by atoms with Gasteiger partial charge in [-0.3, -0.25) is 4.79 Å². The van der Waals surface area contributed by atoms with Gasteiger partial charge in [-0.05, 0) is 6.92 Å². The molecule has 0 radical (unpaired) electrons. The van der Waals surface area contributed by atoms with Gasteiger partial charge in [-0.1, -0.05) is 0 Å². The van der Waals surface area contributed by atoms with Gasteiger partial charge in [0.1, 0.15) is 0 Å². The number of fused-ring (bicyclic) bond motifs is 1. The van der Waals surface area contributed by atoms with Gasteiger partial charge >= 0.3 is 5.97 Å². The zero-order valence-corrected chi connectivity index (χ0v) is 10.6. The van der Waals surface area contributed by atoms with E-state index in [-0.39, 0.29) is 12.4 Å². The first-order valence-corrected chi connectivity index (χ1v) is 5.94. The number of ether oxygens (including phenoxy) is 1. The summed E-state index contributed by atoms with van der Waals surface area (Å²) in [6.07, 6.45) is 5.43. The highest BCUT2D eigenvalue weighted by atomic mass is 16.5. The van der Waals surface area contributed by atoms with Crippen molar-refractivity contribution in [1.29, 1.82) is 0 Å². The van der Waals surface area contributed by atoms with Crippen LogP contribution in [-0.4, -0.2) is 33.5 Å². The summed E-state index contributed by atoms with van der Waals surface area (Å²) in [5, 5.41) is 3.05. The predicted octanol–water partition coefficient (Wildman–Crippen LogP) is 0.380. The molecule has 0 amide bonds. The Balaban J connectivity index is 2.07. The van der Waals surface area contributed by atoms with E-state index >= 15 is 0 Å². The number of hydrazine groups is 1. The lowest BCUT2D eigenvalue weighted by Gasteiger charge is -2.08. The number of nitrogens with zero attached hydrogens (tertiary/aromatic N) is 3. The smallest absolute Gasteiger partial charge is 0.307 e. The molecule has 2 aromatic heterocycles. The van der Waals surface area contributed by atoms with E-state index < -0.39 is 0 Å². The molecule has 0 atom stereocenters. The van der Waals surface area contributed by atoms with Crippen LogP contribution < -0.4 is 16.6 Å². The van der Waals surface area contributed by atoms with Crippen LogP contribution in [0, 0.1) is 0 Å². The molecule has 0 saturated heterocycles. The van der Waals surface area contributed by atoms with Crippen molar-refractivity contribution in [3.8, 4) is 0 Å². The molecule has 0 spiro atoms. The van der Waals surface area contributed by atoms with Crippen LogP contribution in [0.2, 0.25) is 0 Å². The Morgan fingerprint density at radius 3 is 3.16 bits per heavy atom. The number of nitrogens with one attached hydrogen (secondary N) is 2. The molecule has 4 N–H and O–H groups in total. The number of nitrogen functional groups attached to an aromatic ring is 1. The molecule has 8 nitrogen and oxygen atoms in total. The van der Waals surface area contributed by atoms with Gasteiger partial charge in [-0.15, -0.1) is 0 Å². The minimum atomic E-state index is -0.248. The Labute approximate surface area is 109 Å². The molecule has 2 rings (SSSR count). The van der Waals surface area contributed by atoms with E-state index in [1.807, 2.05) is 0 Å². The molecule has 102 valence electrons. The normalized spacial score (nSPS) is 10.4. The van der Waals surface area contributed by atoms with E-state index in [0.717, 1.165) is 0 Å². The first-order chi connectivity index (χ1) is 9.24. The summed E-state index contributed by atoms with van der Waals surface area (Å²) in [6.45, 7) is 2.58. The van der Waals surface area contributed by atoms with Crippen molar-refractivity contribution < 1.29 is 9.53 Å². The fourth-order valence-corrected chi connectivity index (χ4v) is 1.64. The summed E-state index contributed by atoms with van der Waals surface area (Å²) >= 11 is 0. The number of carbonyl (C=O) groups excluding carboxylic acids is 1. The van der Waals surface area contributed by atoms with Crippen LogP contribution in [0.15, 0.2) is 18.6 Å². The van der Waals surface area contributed by atoms with Crippen molar-refractivity contribution in [3.05, 3.63) is 18.6 Å². The summed E-state index contributed by atoms with van der Waals surface area (Å²) in [5.41, 5.74) is 3.15. The van der Waals surface area contributed by atoms with Crippen LogP contribution in [0.1, 0.15) is 13.3 Å². The van der Waals surface area contributed by atoms with E-state index in [4.69, 9.17) is 10.6 Å².